The molecule has 2 amide bonds. The molecule has 0 spiro atoms. The van der Waals surface area contributed by atoms with Crippen LogP contribution in [0.1, 0.15) is 26.3 Å². The average Bonchev–Trinajstić information content (AvgIpc) is 2.63. The Labute approximate surface area is 161 Å². The summed E-state index contributed by atoms with van der Waals surface area (Å²) in [6, 6.07) is 15.9. The summed E-state index contributed by atoms with van der Waals surface area (Å²) in [7, 11) is -3.55. The number of hydrogen-bond acceptors (Lipinski definition) is 4. The molecule has 2 aromatic carbocycles. The molecule has 0 aliphatic rings. The molecule has 27 heavy (non-hydrogen) atoms. The van der Waals surface area contributed by atoms with E-state index in [0.29, 0.717) is 19.0 Å². The SMILES string of the molecule is CCS(=O)(=O)Oc1ccc(CN(CC(C)C)C(=O)Nc2ccccc2)cc1. The molecule has 0 unspecified atom stereocenters. The van der Waals surface area contributed by atoms with Gasteiger partial charge in [0.15, 0.2) is 0 Å². The van der Waals surface area contributed by atoms with Crippen molar-refractivity contribution in [1.82, 2.24) is 4.90 Å². The number of hydrogen-bond donors (Lipinski definition) is 1. The minimum atomic E-state index is -3.55. The van der Waals surface area contributed by atoms with E-state index in [1.54, 1.807) is 29.2 Å². The monoisotopic (exact) mass is 390 g/mol. The van der Waals surface area contributed by atoms with Crippen molar-refractivity contribution in [3.8, 4) is 5.75 Å². The van der Waals surface area contributed by atoms with E-state index in [0.717, 1.165) is 11.3 Å². The lowest BCUT2D eigenvalue weighted by Crippen LogP contribution is -2.37. The van der Waals surface area contributed by atoms with Gasteiger partial charge in [-0.2, -0.15) is 8.42 Å². The first kappa shape index (κ1) is 20.8. The predicted molar refractivity (Wildman–Crippen MR) is 107 cm³/mol. The molecule has 0 aromatic heterocycles. The van der Waals surface area contributed by atoms with Gasteiger partial charge in [-0.1, -0.05) is 44.2 Å². The number of amides is 2. The molecule has 0 fully saturated rings. The van der Waals surface area contributed by atoms with E-state index in [-0.39, 0.29) is 17.5 Å². The fourth-order valence-corrected chi connectivity index (χ4v) is 2.98. The summed E-state index contributed by atoms with van der Waals surface area (Å²) in [5, 5.41) is 2.90. The summed E-state index contributed by atoms with van der Waals surface area (Å²) < 4.78 is 28.0. The Morgan fingerprint density at radius 1 is 1.07 bits per heavy atom. The van der Waals surface area contributed by atoms with Crippen LogP contribution < -0.4 is 9.50 Å². The first-order valence-electron chi connectivity index (χ1n) is 8.91. The summed E-state index contributed by atoms with van der Waals surface area (Å²) in [6.45, 7) is 6.64. The van der Waals surface area contributed by atoms with E-state index in [1.165, 1.54) is 6.92 Å². The van der Waals surface area contributed by atoms with Crippen LogP contribution in [-0.2, 0) is 16.7 Å². The Kier molecular flexibility index (Phi) is 7.24. The zero-order chi connectivity index (χ0) is 19.9. The van der Waals surface area contributed by atoms with Crippen molar-refractivity contribution in [3.63, 3.8) is 0 Å². The minimum absolute atomic E-state index is 0.0867. The summed E-state index contributed by atoms with van der Waals surface area (Å²) >= 11 is 0. The molecule has 0 saturated carbocycles. The third-order valence-electron chi connectivity index (χ3n) is 3.77. The smallest absolute Gasteiger partial charge is 0.322 e. The van der Waals surface area contributed by atoms with Crippen LogP contribution in [0, 0.1) is 5.92 Å². The average molecular weight is 391 g/mol. The number of benzene rings is 2. The second kappa shape index (κ2) is 9.41. The Morgan fingerprint density at radius 3 is 2.26 bits per heavy atom. The molecule has 0 aliphatic carbocycles. The molecule has 0 aliphatic heterocycles. The number of urea groups is 1. The fraction of sp³-hybridized carbons (Fsp3) is 0.350. The number of carbonyl (C=O) groups is 1. The van der Waals surface area contributed by atoms with Gasteiger partial charge in [0.2, 0.25) is 0 Å². The zero-order valence-electron chi connectivity index (χ0n) is 15.9. The molecule has 0 saturated heterocycles. The molecule has 0 bridgehead atoms. The zero-order valence-corrected chi connectivity index (χ0v) is 16.7. The summed E-state index contributed by atoms with van der Waals surface area (Å²) in [6.07, 6.45) is 0. The third kappa shape index (κ3) is 6.94. The topological polar surface area (TPSA) is 75.7 Å². The van der Waals surface area contributed by atoms with Crippen LogP contribution in [0.15, 0.2) is 54.6 Å². The summed E-state index contributed by atoms with van der Waals surface area (Å²) in [4.78, 5) is 14.4. The highest BCUT2D eigenvalue weighted by Crippen LogP contribution is 2.17. The maximum absolute atomic E-state index is 12.7. The Hall–Kier alpha value is -2.54. The molecule has 1 N–H and O–H groups in total. The molecule has 2 rings (SSSR count). The van der Waals surface area contributed by atoms with Crippen molar-refractivity contribution in [2.45, 2.75) is 27.3 Å². The van der Waals surface area contributed by atoms with Crippen molar-refractivity contribution in [1.29, 1.82) is 0 Å². The van der Waals surface area contributed by atoms with Gasteiger partial charge >= 0.3 is 16.1 Å². The van der Waals surface area contributed by atoms with Crippen LogP contribution in [0.25, 0.3) is 0 Å². The number of carbonyl (C=O) groups excluding carboxylic acids is 1. The van der Waals surface area contributed by atoms with Crippen LogP contribution in [0.4, 0.5) is 10.5 Å². The highest BCUT2D eigenvalue weighted by molar-refractivity contribution is 7.87. The van der Waals surface area contributed by atoms with Crippen LogP contribution in [0.2, 0.25) is 0 Å². The quantitative estimate of drug-likeness (QED) is 0.689. The van der Waals surface area contributed by atoms with E-state index in [2.05, 4.69) is 19.2 Å². The van der Waals surface area contributed by atoms with Crippen molar-refractivity contribution in [2.24, 2.45) is 5.92 Å². The molecule has 0 radical (unpaired) electrons. The van der Waals surface area contributed by atoms with Crippen LogP contribution in [-0.4, -0.2) is 31.6 Å². The van der Waals surface area contributed by atoms with Gasteiger partial charge in [-0.3, -0.25) is 0 Å². The fourth-order valence-electron chi connectivity index (χ4n) is 2.46. The van der Waals surface area contributed by atoms with Gasteiger partial charge in [0.05, 0.1) is 5.75 Å². The van der Waals surface area contributed by atoms with E-state index in [9.17, 15) is 13.2 Å². The Balaban J connectivity index is 2.07. The first-order chi connectivity index (χ1) is 12.8. The lowest BCUT2D eigenvalue weighted by atomic mass is 10.1. The number of para-hydroxylation sites is 1. The maximum atomic E-state index is 12.7. The molecular formula is C20H26N2O4S. The highest BCUT2D eigenvalue weighted by Gasteiger charge is 2.16. The molecule has 6 nitrogen and oxygen atoms in total. The molecule has 0 atom stereocenters. The normalized spacial score (nSPS) is 11.3. The van der Waals surface area contributed by atoms with Crippen LogP contribution in [0.3, 0.4) is 0 Å². The minimum Gasteiger partial charge on any atom is -0.382 e. The molecule has 7 heteroatoms. The lowest BCUT2D eigenvalue weighted by molar-refractivity contribution is 0.201. The number of nitrogens with zero attached hydrogens (tertiary/aromatic N) is 1. The summed E-state index contributed by atoms with van der Waals surface area (Å²) in [5.74, 6) is 0.491. The van der Waals surface area contributed by atoms with Gasteiger partial charge in [-0.25, -0.2) is 4.79 Å². The number of anilines is 1. The number of nitrogens with one attached hydrogen (secondary N) is 1. The molecule has 0 heterocycles. The van der Waals surface area contributed by atoms with Crippen LogP contribution >= 0.6 is 0 Å². The van der Waals surface area contributed by atoms with Gasteiger partial charge in [-0.15, -0.1) is 0 Å². The largest absolute Gasteiger partial charge is 0.382 e. The molecule has 146 valence electrons. The lowest BCUT2D eigenvalue weighted by Gasteiger charge is -2.25. The second-order valence-electron chi connectivity index (χ2n) is 6.64. The Bertz CT molecular complexity index is 834. The van der Waals surface area contributed by atoms with E-state index in [4.69, 9.17) is 4.18 Å². The Morgan fingerprint density at radius 2 is 1.70 bits per heavy atom. The van der Waals surface area contributed by atoms with Gasteiger partial charge < -0.3 is 14.4 Å². The van der Waals surface area contributed by atoms with E-state index in [1.807, 2.05) is 30.3 Å². The first-order valence-corrected chi connectivity index (χ1v) is 10.5. The van der Waals surface area contributed by atoms with Crippen molar-refractivity contribution in [2.75, 3.05) is 17.6 Å². The summed E-state index contributed by atoms with van der Waals surface area (Å²) in [5.41, 5.74) is 1.63. The number of rotatable bonds is 8. The van der Waals surface area contributed by atoms with Gasteiger partial charge in [0, 0.05) is 18.8 Å². The van der Waals surface area contributed by atoms with Crippen molar-refractivity contribution >= 4 is 21.8 Å². The van der Waals surface area contributed by atoms with Crippen molar-refractivity contribution in [3.05, 3.63) is 60.2 Å². The van der Waals surface area contributed by atoms with E-state index >= 15 is 0 Å². The van der Waals surface area contributed by atoms with Gasteiger partial charge in [-0.05, 0) is 42.7 Å². The van der Waals surface area contributed by atoms with Gasteiger partial charge in [0.1, 0.15) is 5.75 Å². The highest BCUT2D eigenvalue weighted by atomic mass is 32.2. The molecular weight excluding hydrogens is 364 g/mol. The molecule has 2 aromatic rings. The third-order valence-corrected chi connectivity index (χ3v) is 4.92. The van der Waals surface area contributed by atoms with Gasteiger partial charge in [0.25, 0.3) is 0 Å². The van der Waals surface area contributed by atoms with Crippen LogP contribution in [0.5, 0.6) is 5.75 Å². The standard InChI is InChI=1S/C20H26N2O4S/c1-4-27(24,25)26-19-12-10-17(11-13-19)15-22(14-16(2)3)20(23)21-18-8-6-5-7-9-18/h5-13,16H,4,14-15H2,1-3H3,(H,21,23). The maximum Gasteiger partial charge on any atom is 0.322 e. The second-order valence-corrected chi connectivity index (χ2v) is 8.50. The van der Waals surface area contributed by atoms with E-state index < -0.39 is 10.1 Å². The van der Waals surface area contributed by atoms with Crippen molar-refractivity contribution < 1.29 is 17.4 Å². The predicted octanol–water partition coefficient (Wildman–Crippen LogP) is 4.11.